The summed E-state index contributed by atoms with van der Waals surface area (Å²) in [5.41, 5.74) is -1.54. The van der Waals surface area contributed by atoms with E-state index in [2.05, 4.69) is 15.4 Å². The van der Waals surface area contributed by atoms with Crippen molar-refractivity contribution in [3.05, 3.63) is 81.9 Å². The van der Waals surface area contributed by atoms with Crippen LogP contribution < -0.4 is 0 Å². The average Bonchev–Trinajstić information content (AvgIpc) is 3.45. The Morgan fingerprint density at radius 1 is 0.913 bits per heavy atom. The van der Waals surface area contributed by atoms with Crippen LogP contribution in [0.25, 0.3) is 0 Å². The van der Waals surface area contributed by atoms with Crippen molar-refractivity contribution in [2.75, 3.05) is 27.4 Å². The molecule has 2 heterocycles. The zero-order valence-corrected chi connectivity index (χ0v) is 25.8. The van der Waals surface area contributed by atoms with Gasteiger partial charge in [-0.3, -0.25) is 4.90 Å². The lowest BCUT2D eigenvalue weighted by Crippen LogP contribution is -2.46. The third-order valence-corrected chi connectivity index (χ3v) is 7.95. The van der Waals surface area contributed by atoms with E-state index in [0.717, 1.165) is 0 Å². The Bertz CT molecular complexity index is 1380. The highest BCUT2D eigenvalue weighted by atomic mass is 19.4. The van der Waals surface area contributed by atoms with E-state index < -0.39 is 47.7 Å². The Labute approximate surface area is 261 Å². The summed E-state index contributed by atoms with van der Waals surface area (Å²) in [4.78, 5) is 3.84. The number of alkyl halides is 6. The molecule has 0 bridgehead atoms. The van der Waals surface area contributed by atoms with Crippen LogP contribution in [0.2, 0.25) is 0 Å². The van der Waals surface area contributed by atoms with Crippen LogP contribution in [0.3, 0.4) is 0 Å². The number of H-pyrrole nitrogens is 1. The van der Waals surface area contributed by atoms with Crippen LogP contribution in [0.4, 0.5) is 30.7 Å². The predicted octanol–water partition coefficient (Wildman–Crippen LogP) is 6.45. The van der Waals surface area contributed by atoms with Gasteiger partial charge >= 0.3 is 12.4 Å². The molecular weight excluding hydrogens is 627 g/mol. The van der Waals surface area contributed by atoms with E-state index >= 15 is 0 Å². The van der Waals surface area contributed by atoms with Gasteiger partial charge in [0.05, 0.1) is 29.9 Å². The van der Waals surface area contributed by atoms with Gasteiger partial charge in [-0.15, -0.1) is 0 Å². The molecule has 0 amide bonds. The summed E-state index contributed by atoms with van der Waals surface area (Å²) < 4.78 is 118. The number of methoxy groups -OCH3 is 2. The molecule has 1 aromatic heterocycles. The first-order chi connectivity index (χ1) is 21.6. The fraction of sp³-hybridized carbons (Fsp3) is 0.533. The van der Waals surface area contributed by atoms with Crippen molar-refractivity contribution in [1.82, 2.24) is 25.2 Å². The summed E-state index contributed by atoms with van der Waals surface area (Å²) in [5, 5.41) is 11.3. The molecule has 4 rings (SSSR count). The second-order valence-electron chi connectivity index (χ2n) is 10.9. The molecule has 1 fully saturated rings. The molecule has 254 valence electrons. The molecule has 3 aromatic rings. The second kappa shape index (κ2) is 14.7. The first-order valence-corrected chi connectivity index (χ1v) is 14.4. The van der Waals surface area contributed by atoms with Crippen LogP contribution in [0.1, 0.15) is 66.6 Å². The number of halogens is 7. The number of nitrogens with one attached hydrogen (secondary N) is 1. The third-order valence-electron chi connectivity index (χ3n) is 7.95. The third kappa shape index (κ3) is 8.60. The molecule has 0 radical (unpaired) electrons. The molecule has 2 aromatic carbocycles. The Morgan fingerprint density at radius 3 is 2.02 bits per heavy atom. The van der Waals surface area contributed by atoms with Gasteiger partial charge in [0.2, 0.25) is 0 Å². The summed E-state index contributed by atoms with van der Waals surface area (Å²) in [6.07, 6.45) is -13.1. The first kappa shape index (κ1) is 35.7. The normalized spacial score (nSPS) is 20.2. The summed E-state index contributed by atoms with van der Waals surface area (Å²) >= 11 is 0. The van der Waals surface area contributed by atoms with Gasteiger partial charge in [-0.05, 0) is 62.2 Å². The highest BCUT2D eigenvalue weighted by Gasteiger charge is 2.40. The van der Waals surface area contributed by atoms with E-state index in [1.54, 1.807) is 14.2 Å². The maximum Gasteiger partial charge on any atom is 0.416 e. The van der Waals surface area contributed by atoms with Crippen molar-refractivity contribution >= 4 is 0 Å². The molecule has 5 atom stereocenters. The molecule has 46 heavy (non-hydrogen) atoms. The van der Waals surface area contributed by atoms with E-state index in [9.17, 15) is 30.7 Å². The summed E-state index contributed by atoms with van der Waals surface area (Å²) in [6, 6.07) is 6.08. The van der Waals surface area contributed by atoms with Crippen LogP contribution in [0.15, 0.2) is 42.5 Å². The van der Waals surface area contributed by atoms with Gasteiger partial charge in [-0.1, -0.05) is 12.1 Å². The first-order valence-electron chi connectivity index (χ1n) is 14.4. The molecule has 1 aliphatic heterocycles. The van der Waals surface area contributed by atoms with Crippen molar-refractivity contribution < 1.29 is 49.7 Å². The fourth-order valence-electron chi connectivity index (χ4n) is 5.22. The van der Waals surface area contributed by atoms with Crippen LogP contribution in [0, 0.1) is 5.82 Å². The minimum absolute atomic E-state index is 0.0633. The van der Waals surface area contributed by atoms with Crippen molar-refractivity contribution in [1.29, 1.82) is 0 Å². The van der Waals surface area contributed by atoms with Gasteiger partial charge in [-0.25, -0.2) is 9.29 Å². The average molecular weight is 664 g/mol. The summed E-state index contributed by atoms with van der Waals surface area (Å²) in [5.74, 6) is -0.500. The highest BCUT2D eigenvalue weighted by molar-refractivity contribution is 5.35. The number of hydrogen-bond acceptors (Lipinski definition) is 8. The molecule has 1 saturated heterocycles. The quantitative estimate of drug-likeness (QED) is 0.175. The number of aromatic amines is 1. The molecule has 0 spiro atoms. The molecule has 2 unspecified atom stereocenters. The maximum absolute atomic E-state index is 13.9. The van der Waals surface area contributed by atoms with Gasteiger partial charge in [0.25, 0.3) is 0 Å². The van der Waals surface area contributed by atoms with Gasteiger partial charge < -0.3 is 18.9 Å². The van der Waals surface area contributed by atoms with Crippen LogP contribution in [-0.4, -0.2) is 71.3 Å². The lowest BCUT2D eigenvalue weighted by Gasteiger charge is -2.42. The zero-order chi connectivity index (χ0) is 33.8. The smallest absolute Gasteiger partial charge is 0.367 e. The number of morpholine rings is 1. The van der Waals surface area contributed by atoms with Crippen molar-refractivity contribution in [2.45, 2.75) is 77.1 Å². The van der Waals surface area contributed by atoms with E-state index in [-0.39, 0.29) is 37.2 Å². The van der Waals surface area contributed by atoms with Gasteiger partial charge in [-0.2, -0.15) is 41.8 Å². The van der Waals surface area contributed by atoms with E-state index in [1.807, 2.05) is 23.6 Å². The predicted molar refractivity (Wildman–Crippen MR) is 150 cm³/mol. The largest absolute Gasteiger partial charge is 0.416 e. The minimum atomic E-state index is -5.02. The van der Waals surface area contributed by atoms with E-state index in [1.165, 1.54) is 31.2 Å². The molecule has 0 saturated carbocycles. The molecule has 0 aliphatic carbocycles. The van der Waals surface area contributed by atoms with Crippen molar-refractivity contribution in [3.8, 4) is 0 Å². The topological polar surface area (TPSA) is 85.0 Å². The number of benzene rings is 2. The molecular formula is C30H36F7N5O4. The number of aromatic nitrogens is 3. The van der Waals surface area contributed by atoms with Crippen molar-refractivity contribution in [2.24, 2.45) is 0 Å². The lowest BCUT2D eigenvalue weighted by atomic mass is 10.0. The summed E-state index contributed by atoms with van der Waals surface area (Å²) in [7, 11) is 3.13. The van der Waals surface area contributed by atoms with Gasteiger partial charge in [0.15, 0.2) is 6.29 Å². The molecule has 1 N–H and O–H groups in total. The number of rotatable bonds is 12. The Hall–Kier alpha value is -3.15. The van der Waals surface area contributed by atoms with E-state index in [0.29, 0.717) is 42.2 Å². The zero-order valence-electron chi connectivity index (χ0n) is 25.8. The molecule has 9 nitrogen and oxygen atoms in total. The van der Waals surface area contributed by atoms with Crippen LogP contribution in [0.5, 0.6) is 0 Å². The second-order valence-corrected chi connectivity index (χ2v) is 10.9. The fourth-order valence-corrected chi connectivity index (χ4v) is 5.22. The SMILES string of the molecule is COC(C)N(Cc1n[nH]nc1CN1CCO[C@H](O[C@H](C)c2cc(C(F)(F)F)cc(C(F)(F)F)c2)[C@@H]1c1ccc(F)cc1)C(C)OC. The monoisotopic (exact) mass is 663 g/mol. The number of nitrogens with zero attached hydrogens (tertiary/aromatic N) is 4. The van der Waals surface area contributed by atoms with Crippen molar-refractivity contribution in [3.63, 3.8) is 0 Å². The Kier molecular flexibility index (Phi) is 11.4. The van der Waals surface area contributed by atoms with Gasteiger partial charge in [0, 0.05) is 33.9 Å². The minimum Gasteiger partial charge on any atom is -0.367 e. The Morgan fingerprint density at radius 2 is 1.48 bits per heavy atom. The maximum atomic E-state index is 13.9. The Balaban J connectivity index is 1.65. The molecule has 1 aliphatic rings. The number of hydrogen-bond donors (Lipinski definition) is 1. The molecule has 16 heteroatoms. The van der Waals surface area contributed by atoms with Gasteiger partial charge in [0.1, 0.15) is 29.7 Å². The highest BCUT2D eigenvalue weighted by Crippen LogP contribution is 2.40. The number of ether oxygens (including phenoxy) is 4. The van der Waals surface area contributed by atoms with E-state index in [4.69, 9.17) is 18.9 Å². The lowest BCUT2D eigenvalue weighted by molar-refractivity contribution is -0.231. The standard InChI is InChI=1S/C30H36F7N5O4/c1-17(21-12-22(29(32,33)34)14-23(13-21)30(35,36)37)46-28-27(20-6-8-24(31)9-7-20)41(10-11-45-28)15-25-26(39-40-38-25)16-42(18(2)43-4)19(3)44-5/h6-9,12-14,17-19,27-28H,10-11,15-16H2,1-5H3,(H,38,39,40)/t17-,18?,19?,27+,28-/m1/s1. The van der Waals surface area contributed by atoms with Crippen LogP contribution >= 0.6 is 0 Å². The summed E-state index contributed by atoms with van der Waals surface area (Å²) in [6.45, 7) is 6.01. The van der Waals surface area contributed by atoms with Crippen LogP contribution in [-0.2, 0) is 44.4 Å².